The monoisotopic (exact) mass is 411 g/mol. The molecule has 3 nitrogen and oxygen atoms in total. The summed E-state index contributed by atoms with van der Waals surface area (Å²) < 4.78 is 0. The van der Waals surface area contributed by atoms with Gasteiger partial charge >= 0.3 is 0 Å². The molecule has 4 N–H and O–H groups in total. The fourth-order valence-corrected chi connectivity index (χ4v) is 2.86. The highest BCUT2D eigenvalue weighted by atomic mass is 16.3. The van der Waals surface area contributed by atoms with Crippen LogP contribution < -0.4 is 5.73 Å². The van der Waals surface area contributed by atoms with E-state index in [0.717, 1.165) is 16.7 Å². The first-order valence-electron chi connectivity index (χ1n) is 10.8. The van der Waals surface area contributed by atoms with Gasteiger partial charge < -0.3 is 15.9 Å². The Balaban J connectivity index is 0. The minimum Gasteiger partial charge on any atom is -0.508 e. The first-order valence-corrected chi connectivity index (χ1v) is 10.8. The van der Waals surface area contributed by atoms with E-state index in [-0.39, 0.29) is 16.9 Å². The summed E-state index contributed by atoms with van der Waals surface area (Å²) in [6.07, 6.45) is 0. The highest BCUT2D eigenvalue weighted by molar-refractivity contribution is 5.50. The predicted molar refractivity (Wildman–Crippen MR) is 132 cm³/mol. The number of hydrogen-bond donors (Lipinski definition) is 3. The molecule has 30 heavy (non-hydrogen) atoms. The second-order valence-corrected chi connectivity index (χ2v) is 5.58. The van der Waals surface area contributed by atoms with Crippen molar-refractivity contribution < 1.29 is 10.2 Å². The van der Waals surface area contributed by atoms with E-state index in [1.54, 1.807) is 24.3 Å². The van der Waals surface area contributed by atoms with Gasteiger partial charge in [-0.2, -0.15) is 0 Å². The van der Waals surface area contributed by atoms with Gasteiger partial charge in [0.15, 0.2) is 0 Å². The molecular weight excluding hydrogens is 370 g/mol. The van der Waals surface area contributed by atoms with Crippen LogP contribution in [0.3, 0.4) is 0 Å². The Morgan fingerprint density at radius 1 is 0.500 bits per heavy atom. The Bertz CT molecular complexity index is 706. The fraction of sp³-hybridized carbons (Fsp3) is 0.333. The van der Waals surface area contributed by atoms with Crippen LogP contribution in [-0.2, 0) is 5.41 Å². The number of aromatic hydroxyl groups is 2. The van der Waals surface area contributed by atoms with Gasteiger partial charge in [0.1, 0.15) is 11.5 Å². The molecule has 0 amide bonds. The van der Waals surface area contributed by atoms with E-state index in [2.05, 4.69) is 24.8 Å². The first-order chi connectivity index (χ1) is 14.6. The van der Waals surface area contributed by atoms with Gasteiger partial charge in [0, 0.05) is 5.41 Å². The molecule has 0 heterocycles. The lowest BCUT2D eigenvalue weighted by molar-refractivity contribution is 0.474. The van der Waals surface area contributed by atoms with Gasteiger partial charge in [-0.3, -0.25) is 0 Å². The van der Waals surface area contributed by atoms with E-state index in [1.165, 1.54) is 7.05 Å². The summed E-state index contributed by atoms with van der Waals surface area (Å²) in [5.74, 6) is 0.509. The highest BCUT2D eigenvalue weighted by Crippen LogP contribution is 2.39. The fourth-order valence-electron chi connectivity index (χ4n) is 2.86. The molecule has 0 saturated heterocycles. The summed E-state index contributed by atoms with van der Waals surface area (Å²) in [4.78, 5) is 0. The zero-order chi connectivity index (χ0) is 23.6. The third-order valence-electron chi connectivity index (χ3n) is 4.24. The number of benzene rings is 3. The lowest BCUT2D eigenvalue weighted by Crippen LogP contribution is -2.25. The van der Waals surface area contributed by atoms with Crippen LogP contribution in [0.25, 0.3) is 0 Å². The molecule has 0 bridgehead atoms. The summed E-state index contributed by atoms with van der Waals surface area (Å²) in [7, 11) is 1.50. The topological polar surface area (TPSA) is 66.5 Å². The van der Waals surface area contributed by atoms with Crippen molar-refractivity contribution in [1.82, 2.24) is 0 Å². The summed E-state index contributed by atoms with van der Waals surface area (Å²) in [6.45, 7) is 14.2. The Hall–Kier alpha value is -2.78. The molecule has 0 saturated carbocycles. The van der Waals surface area contributed by atoms with Crippen LogP contribution in [0, 0.1) is 0 Å². The van der Waals surface area contributed by atoms with Crippen LogP contribution in [0.4, 0.5) is 0 Å². The van der Waals surface area contributed by atoms with Crippen LogP contribution in [0.15, 0.2) is 78.9 Å². The van der Waals surface area contributed by atoms with Gasteiger partial charge in [0.05, 0.1) is 0 Å². The highest BCUT2D eigenvalue weighted by Gasteiger charge is 2.30. The van der Waals surface area contributed by atoms with Gasteiger partial charge in [-0.25, -0.2) is 0 Å². The Labute approximate surface area is 184 Å². The summed E-state index contributed by atoms with van der Waals surface area (Å²) in [5.41, 5.74) is 7.47. The van der Waals surface area contributed by atoms with Gasteiger partial charge in [0.2, 0.25) is 0 Å². The van der Waals surface area contributed by atoms with E-state index < -0.39 is 0 Å². The van der Waals surface area contributed by atoms with Gasteiger partial charge in [-0.1, -0.05) is 96.1 Å². The van der Waals surface area contributed by atoms with Crippen molar-refractivity contribution in [1.29, 1.82) is 0 Å². The minimum atomic E-state index is -0.358. The zero-order valence-electron chi connectivity index (χ0n) is 20.0. The number of rotatable bonds is 3. The maximum Gasteiger partial charge on any atom is 0.115 e. The van der Waals surface area contributed by atoms with Crippen molar-refractivity contribution in [2.75, 3.05) is 7.05 Å². The molecule has 3 rings (SSSR count). The molecule has 3 aromatic rings. The third-order valence-corrected chi connectivity index (χ3v) is 4.24. The van der Waals surface area contributed by atoms with Gasteiger partial charge in [-0.05, 0) is 54.9 Å². The molecule has 0 aromatic heterocycles. The van der Waals surface area contributed by atoms with Crippen LogP contribution in [0.5, 0.6) is 11.5 Å². The average Bonchev–Trinajstić information content (AvgIpc) is 2.85. The Morgan fingerprint density at radius 3 is 1.07 bits per heavy atom. The smallest absolute Gasteiger partial charge is 0.115 e. The summed E-state index contributed by atoms with van der Waals surface area (Å²) in [6, 6.07) is 24.8. The maximum atomic E-state index is 9.57. The number of phenolic OH excluding ortho intramolecular Hbond substituents is 2. The SMILES string of the molecule is CC.CC.CC.CC(c1ccccc1)(c1ccc(O)cc1)c1ccc(O)cc1.CN. The third kappa shape index (κ3) is 7.92. The molecule has 0 fully saturated rings. The molecule has 0 aliphatic rings. The van der Waals surface area contributed by atoms with Gasteiger partial charge in [-0.15, -0.1) is 0 Å². The molecule has 0 aliphatic heterocycles. The Morgan fingerprint density at radius 2 is 0.767 bits per heavy atom. The van der Waals surface area contributed by atoms with Crippen molar-refractivity contribution in [2.24, 2.45) is 5.73 Å². The van der Waals surface area contributed by atoms with Crippen LogP contribution in [-0.4, -0.2) is 17.3 Å². The van der Waals surface area contributed by atoms with Crippen molar-refractivity contribution >= 4 is 0 Å². The van der Waals surface area contributed by atoms with Crippen molar-refractivity contribution in [2.45, 2.75) is 53.9 Å². The van der Waals surface area contributed by atoms with E-state index >= 15 is 0 Å². The Kier molecular flexibility index (Phi) is 16.8. The van der Waals surface area contributed by atoms with Crippen molar-refractivity contribution in [3.05, 3.63) is 95.6 Å². The van der Waals surface area contributed by atoms with Crippen LogP contribution >= 0.6 is 0 Å². The largest absolute Gasteiger partial charge is 0.508 e. The van der Waals surface area contributed by atoms with Crippen LogP contribution in [0.2, 0.25) is 0 Å². The second-order valence-electron chi connectivity index (χ2n) is 5.58. The quantitative estimate of drug-likeness (QED) is 0.402. The van der Waals surface area contributed by atoms with E-state index in [4.69, 9.17) is 0 Å². The number of phenols is 2. The predicted octanol–water partition coefficient (Wildman–Crippen LogP) is 7.11. The first kappa shape index (κ1) is 29.4. The zero-order valence-corrected chi connectivity index (χ0v) is 20.0. The number of hydrogen-bond acceptors (Lipinski definition) is 3. The summed E-state index contributed by atoms with van der Waals surface area (Å²) >= 11 is 0. The van der Waals surface area contributed by atoms with E-state index in [1.807, 2.05) is 84.0 Å². The second kappa shape index (κ2) is 17.1. The lowest BCUT2D eigenvalue weighted by atomic mass is 9.71. The van der Waals surface area contributed by atoms with E-state index in [0.29, 0.717) is 0 Å². The summed E-state index contributed by atoms with van der Waals surface area (Å²) in [5, 5.41) is 19.1. The van der Waals surface area contributed by atoms with E-state index in [9.17, 15) is 10.2 Å². The molecule has 0 radical (unpaired) electrons. The molecule has 0 aliphatic carbocycles. The van der Waals surface area contributed by atoms with Gasteiger partial charge in [0.25, 0.3) is 0 Å². The van der Waals surface area contributed by atoms with Crippen LogP contribution in [0.1, 0.15) is 65.2 Å². The number of nitrogens with two attached hydrogens (primary N) is 1. The van der Waals surface area contributed by atoms with Crippen molar-refractivity contribution in [3.63, 3.8) is 0 Å². The molecule has 0 atom stereocenters. The maximum absolute atomic E-state index is 9.57. The molecule has 0 unspecified atom stereocenters. The molecule has 166 valence electrons. The molecule has 0 spiro atoms. The normalized spacial score (nSPS) is 9.10. The minimum absolute atomic E-state index is 0.255. The molecular formula is C27H41NO2. The molecule has 3 heteroatoms. The lowest BCUT2D eigenvalue weighted by Gasteiger charge is -2.32. The van der Waals surface area contributed by atoms with Crippen molar-refractivity contribution in [3.8, 4) is 11.5 Å². The molecule has 3 aromatic carbocycles. The average molecular weight is 412 g/mol. The standard InChI is InChI=1S/C20H18O2.3C2H6.CH5N/c1-20(15-5-3-2-4-6-15,16-7-11-18(21)12-8-16)17-9-13-19(22)14-10-17;4*1-2/h2-14,21-22H,1H3;3*1-2H3;2H2,1H3.